The Morgan fingerprint density at radius 3 is 2.60 bits per heavy atom. The standard InChI is InChI=1S/C22H20N6O2/c1-13-7-3-5-9-17(13)25-22-27-19(26-21(23)28-22)12-30-20(29)16-11-14(2)24-18-10-6-4-8-15(16)18/h3-11H,12H2,1-2H3,(H3,23,25,26,27,28). The average Bonchev–Trinajstić information content (AvgIpc) is 2.72. The number of para-hydroxylation sites is 2. The maximum Gasteiger partial charge on any atom is 0.339 e. The fraction of sp³-hybridized carbons (Fsp3) is 0.136. The molecule has 0 saturated carbocycles. The fourth-order valence-electron chi connectivity index (χ4n) is 3.08. The van der Waals surface area contributed by atoms with Crippen molar-refractivity contribution >= 4 is 34.5 Å². The summed E-state index contributed by atoms with van der Waals surface area (Å²) in [7, 11) is 0. The molecule has 150 valence electrons. The molecule has 0 fully saturated rings. The Labute approximate surface area is 173 Å². The molecule has 0 saturated heterocycles. The third-order valence-corrected chi connectivity index (χ3v) is 4.49. The molecule has 0 aliphatic heterocycles. The zero-order valence-electron chi connectivity index (χ0n) is 16.6. The maximum atomic E-state index is 12.7. The number of pyridine rings is 1. The molecule has 0 spiro atoms. The van der Waals surface area contributed by atoms with Crippen LogP contribution in [0.25, 0.3) is 10.9 Å². The van der Waals surface area contributed by atoms with Gasteiger partial charge in [-0.25, -0.2) is 4.79 Å². The van der Waals surface area contributed by atoms with Crippen molar-refractivity contribution in [3.63, 3.8) is 0 Å². The lowest BCUT2D eigenvalue weighted by molar-refractivity contribution is 0.0464. The summed E-state index contributed by atoms with van der Waals surface area (Å²) in [4.78, 5) is 29.6. The van der Waals surface area contributed by atoms with Gasteiger partial charge in [-0.2, -0.15) is 15.0 Å². The largest absolute Gasteiger partial charge is 0.454 e. The number of ether oxygens (including phenoxy) is 1. The summed E-state index contributed by atoms with van der Waals surface area (Å²) in [5.74, 6) is 0.0940. The topological polar surface area (TPSA) is 116 Å². The fourth-order valence-corrected chi connectivity index (χ4v) is 3.08. The van der Waals surface area contributed by atoms with Crippen LogP contribution in [0, 0.1) is 13.8 Å². The third kappa shape index (κ3) is 4.17. The number of anilines is 3. The van der Waals surface area contributed by atoms with Crippen molar-refractivity contribution in [2.24, 2.45) is 0 Å². The van der Waals surface area contributed by atoms with Crippen LogP contribution >= 0.6 is 0 Å². The predicted molar refractivity (Wildman–Crippen MR) is 114 cm³/mol. The first kappa shape index (κ1) is 19.3. The number of nitrogen functional groups attached to an aromatic ring is 1. The highest BCUT2D eigenvalue weighted by Gasteiger charge is 2.15. The number of hydrogen-bond acceptors (Lipinski definition) is 8. The van der Waals surface area contributed by atoms with E-state index >= 15 is 0 Å². The SMILES string of the molecule is Cc1cc(C(=O)OCc2nc(N)nc(Nc3ccccc3C)n2)c2ccccc2n1. The molecule has 0 bridgehead atoms. The second-order valence-electron chi connectivity index (χ2n) is 6.78. The van der Waals surface area contributed by atoms with Crippen molar-refractivity contribution in [2.45, 2.75) is 20.5 Å². The Morgan fingerprint density at radius 2 is 1.77 bits per heavy atom. The molecular weight excluding hydrogens is 380 g/mol. The molecule has 0 unspecified atom stereocenters. The second kappa shape index (κ2) is 8.12. The van der Waals surface area contributed by atoms with Gasteiger partial charge in [0, 0.05) is 16.8 Å². The number of esters is 1. The molecule has 0 atom stereocenters. The number of fused-ring (bicyclic) bond motifs is 1. The van der Waals surface area contributed by atoms with Crippen molar-refractivity contribution in [3.05, 3.63) is 77.2 Å². The number of rotatable bonds is 5. The van der Waals surface area contributed by atoms with E-state index in [4.69, 9.17) is 10.5 Å². The molecule has 2 heterocycles. The molecule has 3 N–H and O–H groups in total. The molecule has 8 heteroatoms. The molecule has 0 radical (unpaired) electrons. The quantitative estimate of drug-likeness (QED) is 0.487. The van der Waals surface area contributed by atoms with Crippen LogP contribution < -0.4 is 11.1 Å². The van der Waals surface area contributed by atoms with Crippen molar-refractivity contribution < 1.29 is 9.53 Å². The van der Waals surface area contributed by atoms with Gasteiger partial charge in [-0.1, -0.05) is 36.4 Å². The Balaban J connectivity index is 1.54. The van der Waals surface area contributed by atoms with Gasteiger partial charge in [0.05, 0.1) is 11.1 Å². The molecule has 4 rings (SSSR count). The summed E-state index contributed by atoms with van der Waals surface area (Å²) in [5.41, 5.74) is 9.60. The van der Waals surface area contributed by atoms with Crippen LogP contribution in [-0.2, 0) is 11.3 Å². The molecule has 30 heavy (non-hydrogen) atoms. The first-order chi connectivity index (χ1) is 14.5. The highest BCUT2D eigenvalue weighted by Crippen LogP contribution is 2.20. The summed E-state index contributed by atoms with van der Waals surface area (Å²) < 4.78 is 5.46. The molecule has 0 aliphatic carbocycles. The Kier molecular flexibility index (Phi) is 5.21. The van der Waals surface area contributed by atoms with E-state index in [1.54, 1.807) is 6.07 Å². The van der Waals surface area contributed by atoms with E-state index in [0.29, 0.717) is 5.56 Å². The van der Waals surface area contributed by atoms with Crippen LogP contribution in [0.1, 0.15) is 27.4 Å². The van der Waals surface area contributed by atoms with E-state index in [1.807, 2.05) is 62.4 Å². The minimum Gasteiger partial charge on any atom is -0.454 e. The highest BCUT2D eigenvalue weighted by molar-refractivity contribution is 6.03. The lowest BCUT2D eigenvalue weighted by Crippen LogP contribution is -2.12. The first-order valence-corrected chi connectivity index (χ1v) is 9.36. The highest BCUT2D eigenvalue weighted by atomic mass is 16.5. The summed E-state index contributed by atoms with van der Waals surface area (Å²) in [6, 6.07) is 16.9. The summed E-state index contributed by atoms with van der Waals surface area (Å²) in [6.45, 7) is 3.67. The average molecular weight is 400 g/mol. The van der Waals surface area contributed by atoms with E-state index in [2.05, 4.69) is 25.3 Å². The number of hydrogen-bond donors (Lipinski definition) is 2. The van der Waals surface area contributed by atoms with E-state index in [1.165, 1.54) is 0 Å². The number of nitrogens with zero attached hydrogens (tertiary/aromatic N) is 4. The van der Waals surface area contributed by atoms with Crippen molar-refractivity contribution in [3.8, 4) is 0 Å². The van der Waals surface area contributed by atoms with Gasteiger partial charge in [-0.05, 0) is 37.6 Å². The summed E-state index contributed by atoms with van der Waals surface area (Å²) >= 11 is 0. The van der Waals surface area contributed by atoms with Crippen LogP contribution in [-0.4, -0.2) is 25.9 Å². The van der Waals surface area contributed by atoms with E-state index in [-0.39, 0.29) is 24.3 Å². The second-order valence-corrected chi connectivity index (χ2v) is 6.78. The third-order valence-electron chi connectivity index (χ3n) is 4.49. The van der Waals surface area contributed by atoms with Gasteiger partial charge < -0.3 is 15.8 Å². The van der Waals surface area contributed by atoms with Crippen molar-refractivity contribution in [1.82, 2.24) is 19.9 Å². The lowest BCUT2D eigenvalue weighted by atomic mass is 10.1. The number of nitrogens with two attached hydrogens (primary N) is 1. The van der Waals surface area contributed by atoms with Crippen LogP contribution in [0.5, 0.6) is 0 Å². The van der Waals surface area contributed by atoms with Gasteiger partial charge in [0.25, 0.3) is 0 Å². The van der Waals surface area contributed by atoms with Gasteiger partial charge >= 0.3 is 5.97 Å². The van der Waals surface area contributed by atoms with E-state index in [9.17, 15) is 4.79 Å². The normalized spacial score (nSPS) is 10.7. The van der Waals surface area contributed by atoms with Gasteiger partial charge in [0.15, 0.2) is 12.4 Å². The van der Waals surface area contributed by atoms with Crippen LogP contribution in [0.4, 0.5) is 17.6 Å². The molecule has 2 aromatic heterocycles. The summed E-state index contributed by atoms with van der Waals surface area (Å²) in [6.07, 6.45) is 0. The Bertz CT molecular complexity index is 1240. The van der Waals surface area contributed by atoms with Crippen LogP contribution in [0.3, 0.4) is 0 Å². The van der Waals surface area contributed by atoms with Crippen LogP contribution in [0.2, 0.25) is 0 Å². The molecule has 0 aliphatic rings. The van der Waals surface area contributed by atoms with Crippen LogP contribution in [0.15, 0.2) is 54.6 Å². The molecule has 2 aromatic carbocycles. The van der Waals surface area contributed by atoms with Gasteiger partial charge in [-0.3, -0.25) is 4.98 Å². The van der Waals surface area contributed by atoms with Gasteiger partial charge in [0.1, 0.15) is 0 Å². The van der Waals surface area contributed by atoms with Gasteiger partial charge in [0.2, 0.25) is 11.9 Å². The smallest absolute Gasteiger partial charge is 0.339 e. The number of aromatic nitrogens is 4. The Morgan fingerprint density at radius 1 is 1.00 bits per heavy atom. The minimum atomic E-state index is -0.482. The number of nitrogens with one attached hydrogen (secondary N) is 1. The number of aryl methyl sites for hydroxylation is 2. The molecule has 0 amide bonds. The van der Waals surface area contributed by atoms with Crippen molar-refractivity contribution in [1.29, 1.82) is 0 Å². The van der Waals surface area contributed by atoms with E-state index in [0.717, 1.165) is 27.8 Å². The minimum absolute atomic E-state index is 0.0392. The zero-order valence-corrected chi connectivity index (χ0v) is 16.6. The maximum absolute atomic E-state index is 12.7. The monoisotopic (exact) mass is 400 g/mol. The molecular formula is C22H20N6O2. The predicted octanol–water partition coefficient (Wildman–Crippen LogP) is 3.72. The number of benzene rings is 2. The number of carbonyl (C=O) groups is 1. The summed E-state index contributed by atoms with van der Waals surface area (Å²) in [5, 5.41) is 3.84. The zero-order chi connectivity index (χ0) is 21.1. The molecule has 8 nitrogen and oxygen atoms in total. The van der Waals surface area contributed by atoms with E-state index < -0.39 is 5.97 Å². The number of carbonyl (C=O) groups excluding carboxylic acids is 1. The van der Waals surface area contributed by atoms with Gasteiger partial charge in [-0.15, -0.1) is 0 Å². The van der Waals surface area contributed by atoms with Crippen molar-refractivity contribution in [2.75, 3.05) is 11.1 Å². The lowest BCUT2D eigenvalue weighted by Gasteiger charge is -2.10. The Hall–Kier alpha value is -4.07. The first-order valence-electron chi connectivity index (χ1n) is 9.36. The molecule has 4 aromatic rings.